The number of rotatable bonds is 6. The van der Waals surface area contributed by atoms with Crippen molar-refractivity contribution in [3.8, 4) is 0 Å². The second kappa shape index (κ2) is 12.4. The molecule has 0 atom stereocenters. The fraction of sp³-hybridized carbons (Fsp3) is 0.267. The molecule has 1 heterocycles. The first-order valence-electron chi connectivity index (χ1n) is 6.31. The van der Waals surface area contributed by atoms with E-state index in [1.54, 1.807) is 12.3 Å². The number of nitrogens with one attached hydrogen (secondary N) is 1. The van der Waals surface area contributed by atoms with E-state index < -0.39 is 0 Å². The van der Waals surface area contributed by atoms with Crippen molar-refractivity contribution in [3.63, 3.8) is 0 Å². The molecule has 19 heavy (non-hydrogen) atoms. The summed E-state index contributed by atoms with van der Waals surface area (Å²) in [5, 5.41) is 3.15. The summed E-state index contributed by atoms with van der Waals surface area (Å²) in [4.78, 5) is 3.94. The van der Waals surface area contributed by atoms with Crippen LogP contribution in [-0.4, -0.2) is 18.1 Å². The van der Waals surface area contributed by atoms with Gasteiger partial charge in [-0.15, -0.1) is 0 Å². The monoisotopic (exact) mass is 260 g/mol. The second-order valence-corrected chi connectivity index (χ2v) is 3.65. The van der Waals surface area contributed by atoms with Gasteiger partial charge in [-0.1, -0.05) is 37.0 Å². The first-order valence-corrected chi connectivity index (χ1v) is 6.31. The Morgan fingerprint density at radius 1 is 1.37 bits per heavy atom. The molecule has 0 fully saturated rings. The zero-order valence-corrected chi connectivity index (χ0v) is 11.5. The highest BCUT2D eigenvalue weighted by Gasteiger charge is 1.95. The summed E-state index contributed by atoms with van der Waals surface area (Å²) in [7, 11) is 0. The third-order valence-electron chi connectivity index (χ3n) is 2.09. The van der Waals surface area contributed by atoms with Gasteiger partial charge >= 0.3 is 0 Å². The van der Waals surface area contributed by atoms with E-state index >= 15 is 0 Å². The Morgan fingerprint density at radius 3 is 2.74 bits per heavy atom. The van der Waals surface area contributed by atoms with Crippen LogP contribution in [0.2, 0.25) is 0 Å². The van der Waals surface area contributed by atoms with Crippen LogP contribution in [0, 0.1) is 0 Å². The number of hydrogen-bond donors (Lipinski definition) is 3. The molecule has 0 unspecified atom stereocenters. The van der Waals surface area contributed by atoms with Crippen LogP contribution in [0.1, 0.15) is 13.3 Å². The number of nitrogens with zero attached hydrogens (tertiary/aromatic N) is 1. The van der Waals surface area contributed by atoms with Gasteiger partial charge in [-0.2, -0.15) is 0 Å². The molecular weight excluding hydrogens is 236 g/mol. The number of hydrogen-bond acceptors (Lipinski definition) is 4. The average molecular weight is 260 g/mol. The summed E-state index contributed by atoms with van der Waals surface area (Å²) in [6, 6.07) is 3.75. The fourth-order valence-electron chi connectivity index (χ4n) is 1.15. The van der Waals surface area contributed by atoms with Gasteiger partial charge in [0.1, 0.15) is 5.82 Å². The minimum Gasteiger partial charge on any atom is -0.382 e. The predicted octanol–water partition coefficient (Wildman–Crippen LogP) is 2.73. The van der Waals surface area contributed by atoms with Crippen LogP contribution in [0.4, 0.5) is 11.5 Å². The third kappa shape index (κ3) is 9.62. The molecule has 0 aliphatic rings. The van der Waals surface area contributed by atoms with Crippen molar-refractivity contribution in [2.75, 3.05) is 24.1 Å². The molecule has 0 saturated carbocycles. The van der Waals surface area contributed by atoms with E-state index in [4.69, 9.17) is 11.5 Å². The normalized spacial score (nSPS) is 10.2. The SMILES string of the molecule is C=C/C=C\C=C/C.NCCCNc1cccnc1N. The molecule has 1 aromatic heterocycles. The summed E-state index contributed by atoms with van der Waals surface area (Å²) in [5.41, 5.74) is 11.8. The standard InChI is InChI=1S/C8H14N4.C7H10/c9-4-2-6-11-7-3-1-5-12-8(7)10;1-3-5-7-6-4-2/h1,3,5,11H,2,4,6,9H2,(H2,10,12);3-7H,1H2,2H3/b;6-4-,7-5-. The zero-order valence-electron chi connectivity index (χ0n) is 11.5. The van der Waals surface area contributed by atoms with Gasteiger partial charge in [-0.25, -0.2) is 4.98 Å². The van der Waals surface area contributed by atoms with Crippen molar-refractivity contribution in [2.24, 2.45) is 5.73 Å². The highest BCUT2D eigenvalue weighted by atomic mass is 14.9. The molecule has 1 aromatic rings. The minimum atomic E-state index is 0.537. The van der Waals surface area contributed by atoms with Crippen LogP contribution >= 0.6 is 0 Å². The Balaban J connectivity index is 0.000000399. The topological polar surface area (TPSA) is 77.0 Å². The molecule has 5 N–H and O–H groups in total. The highest BCUT2D eigenvalue weighted by Crippen LogP contribution is 2.12. The third-order valence-corrected chi connectivity index (χ3v) is 2.09. The van der Waals surface area contributed by atoms with Gasteiger partial charge in [0.05, 0.1) is 5.69 Å². The van der Waals surface area contributed by atoms with Crippen molar-refractivity contribution in [2.45, 2.75) is 13.3 Å². The number of aromatic nitrogens is 1. The van der Waals surface area contributed by atoms with E-state index in [1.165, 1.54) is 0 Å². The van der Waals surface area contributed by atoms with Crippen LogP contribution in [0.5, 0.6) is 0 Å². The van der Waals surface area contributed by atoms with E-state index in [0.717, 1.165) is 18.7 Å². The summed E-state index contributed by atoms with van der Waals surface area (Å²) in [5.74, 6) is 0.537. The predicted molar refractivity (Wildman–Crippen MR) is 85.0 cm³/mol. The summed E-state index contributed by atoms with van der Waals surface area (Å²) in [6.07, 6.45) is 12.1. The number of anilines is 2. The van der Waals surface area contributed by atoms with Gasteiger partial charge in [0.25, 0.3) is 0 Å². The fourth-order valence-corrected chi connectivity index (χ4v) is 1.15. The first-order chi connectivity index (χ1) is 9.26. The first kappa shape index (κ1) is 16.9. The maximum atomic E-state index is 5.60. The summed E-state index contributed by atoms with van der Waals surface area (Å²) < 4.78 is 0. The number of pyridine rings is 1. The molecule has 0 bridgehead atoms. The number of allylic oxidation sites excluding steroid dienone is 5. The van der Waals surface area contributed by atoms with Crippen molar-refractivity contribution < 1.29 is 0 Å². The van der Waals surface area contributed by atoms with Crippen molar-refractivity contribution in [1.29, 1.82) is 0 Å². The average Bonchev–Trinajstić information content (AvgIpc) is 2.43. The van der Waals surface area contributed by atoms with Crippen LogP contribution in [0.3, 0.4) is 0 Å². The van der Waals surface area contributed by atoms with E-state index in [-0.39, 0.29) is 0 Å². The number of nitrogen functional groups attached to an aromatic ring is 1. The Bertz CT molecular complexity index is 397. The maximum Gasteiger partial charge on any atom is 0.146 e. The lowest BCUT2D eigenvalue weighted by Crippen LogP contribution is -2.09. The van der Waals surface area contributed by atoms with E-state index in [0.29, 0.717) is 12.4 Å². The number of nitrogens with two attached hydrogens (primary N) is 2. The lowest BCUT2D eigenvalue weighted by molar-refractivity contribution is 0.874. The molecule has 1 rings (SSSR count). The van der Waals surface area contributed by atoms with Gasteiger partial charge in [0.2, 0.25) is 0 Å². The molecule has 0 spiro atoms. The Morgan fingerprint density at radius 2 is 2.16 bits per heavy atom. The Labute approximate surface area is 115 Å². The molecule has 104 valence electrons. The minimum absolute atomic E-state index is 0.537. The van der Waals surface area contributed by atoms with Crippen molar-refractivity contribution in [1.82, 2.24) is 4.98 Å². The van der Waals surface area contributed by atoms with E-state index in [1.807, 2.05) is 43.4 Å². The van der Waals surface area contributed by atoms with Crippen molar-refractivity contribution >= 4 is 11.5 Å². The lowest BCUT2D eigenvalue weighted by Gasteiger charge is -2.06. The van der Waals surface area contributed by atoms with Gasteiger partial charge < -0.3 is 16.8 Å². The van der Waals surface area contributed by atoms with Crippen LogP contribution < -0.4 is 16.8 Å². The van der Waals surface area contributed by atoms with Crippen LogP contribution in [0.15, 0.2) is 55.3 Å². The van der Waals surface area contributed by atoms with Gasteiger partial charge in [0, 0.05) is 12.7 Å². The Kier molecular flexibility index (Phi) is 11.0. The molecular formula is C15H24N4. The molecule has 4 nitrogen and oxygen atoms in total. The van der Waals surface area contributed by atoms with E-state index in [9.17, 15) is 0 Å². The van der Waals surface area contributed by atoms with Crippen LogP contribution in [-0.2, 0) is 0 Å². The Hall–Kier alpha value is -2.07. The van der Waals surface area contributed by atoms with Gasteiger partial charge in [-0.3, -0.25) is 0 Å². The zero-order chi connectivity index (χ0) is 14.3. The summed E-state index contributed by atoms with van der Waals surface area (Å²) in [6.45, 7) is 7.02. The maximum absolute atomic E-state index is 5.60. The smallest absolute Gasteiger partial charge is 0.146 e. The molecule has 0 amide bonds. The van der Waals surface area contributed by atoms with Gasteiger partial charge in [0.15, 0.2) is 0 Å². The van der Waals surface area contributed by atoms with Crippen molar-refractivity contribution in [3.05, 3.63) is 55.3 Å². The van der Waals surface area contributed by atoms with E-state index in [2.05, 4.69) is 16.9 Å². The van der Waals surface area contributed by atoms with Crippen LogP contribution in [0.25, 0.3) is 0 Å². The second-order valence-electron chi connectivity index (χ2n) is 3.65. The molecule has 0 aromatic carbocycles. The highest BCUT2D eigenvalue weighted by molar-refractivity contribution is 5.60. The van der Waals surface area contributed by atoms with Gasteiger partial charge in [-0.05, 0) is 32.0 Å². The molecule has 0 saturated heterocycles. The molecule has 0 aliphatic heterocycles. The summed E-state index contributed by atoms with van der Waals surface area (Å²) >= 11 is 0. The molecule has 4 heteroatoms. The largest absolute Gasteiger partial charge is 0.382 e. The lowest BCUT2D eigenvalue weighted by atomic mass is 10.3. The quantitative estimate of drug-likeness (QED) is 0.543. The molecule has 0 radical (unpaired) electrons. The molecule has 0 aliphatic carbocycles.